The summed E-state index contributed by atoms with van der Waals surface area (Å²) in [6, 6.07) is 0. The van der Waals surface area contributed by atoms with E-state index in [4.69, 9.17) is 14.2 Å². The van der Waals surface area contributed by atoms with E-state index in [2.05, 4.69) is 20.8 Å². The molecule has 0 aromatic heterocycles. The van der Waals surface area contributed by atoms with E-state index >= 15 is 0 Å². The Morgan fingerprint density at radius 1 is 0.296 bits per heavy atom. The van der Waals surface area contributed by atoms with Crippen LogP contribution in [-0.2, 0) is 28.6 Å². The molecule has 0 spiro atoms. The van der Waals surface area contributed by atoms with Crippen molar-refractivity contribution >= 4 is 17.9 Å². The average molecular weight is 765 g/mol. The van der Waals surface area contributed by atoms with Crippen LogP contribution in [0.15, 0.2) is 0 Å². The minimum Gasteiger partial charge on any atom is -0.462 e. The fourth-order valence-corrected chi connectivity index (χ4v) is 7.21. The highest BCUT2D eigenvalue weighted by Crippen LogP contribution is 2.16. The van der Waals surface area contributed by atoms with Crippen LogP contribution < -0.4 is 0 Å². The van der Waals surface area contributed by atoms with Crippen LogP contribution in [0, 0.1) is 0 Å². The zero-order valence-electron chi connectivity index (χ0n) is 36.5. The fraction of sp³-hybridized carbons (Fsp3) is 0.938. The molecule has 0 heterocycles. The van der Waals surface area contributed by atoms with Gasteiger partial charge in [-0.25, -0.2) is 0 Å². The van der Waals surface area contributed by atoms with Gasteiger partial charge in [0.05, 0.1) is 0 Å². The number of unbranched alkanes of at least 4 members (excludes halogenated alkanes) is 33. The van der Waals surface area contributed by atoms with Crippen LogP contribution in [0.3, 0.4) is 0 Å². The summed E-state index contributed by atoms with van der Waals surface area (Å²) in [5.41, 5.74) is 0. The SMILES string of the molecule is CCCCCCCCCCCCCCC(=O)OCC(COC(=O)CCCCCCCCCCCCCC)OC(=O)CCCCCCCCCCCCCC. The molecule has 0 rings (SSSR count). The Kier molecular flexibility index (Phi) is 42.8. The molecular formula is C48H92O6. The summed E-state index contributed by atoms with van der Waals surface area (Å²) in [4.78, 5) is 37.8. The summed E-state index contributed by atoms with van der Waals surface area (Å²) in [7, 11) is 0. The van der Waals surface area contributed by atoms with E-state index in [0.29, 0.717) is 19.3 Å². The quantitative estimate of drug-likeness (QED) is 0.0349. The predicted octanol–water partition coefficient (Wildman–Crippen LogP) is 15.3. The van der Waals surface area contributed by atoms with E-state index < -0.39 is 6.10 Å². The number of rotatable bonds is 44. The number of esters is 3. The van der Waals surface area contributed by atoms with Gasteiger partial charge in [0.2, 0.25) is 0 Å². The van der Waals surface area contributed by atoms with Gasteiger partial charge in [-0.3, -0.25) is 14.4 Å². The summed E-state index contributed by atoms with van der Waals surface area (Å²) >= 11 is 0. The van der Waals surface area contributed by atoms with Crippen LogP contribution in [0.4, 0.5) is 0 Å². The van der Waals surface area contributed by atoms with Gasteiger partial charge in [-0.1, -0.05) is 233 Å². The van der Waals surface area contributed by atoms with Crippen molar-refractivity contribution in [2.45, 2.75) is 277 Å². The zero-order valence-corrected chi connectivity index (χ0v) is 36.5. The Bertz CT molecular complexity index is 754. The summed E-state index contributed by atoms with van der Waals surface area (Å²) < 4.78 is 16.7. The van der Waals surface area contributed by atoms with Crippen molar-refractivity contribution in [3.63, 3.8) is 0 Å². The molecule has 320 valence electrons. The smallest absolute Gasteiger partial charge is 0.306 e. The van der Waals surface area contributed by atoms with Gasteiger partial charge in [0.1, 0.15) is 13.2 Å². The molecule has 0 N–H and O–H groups in total. The van der Waals surface area contributed by atoms with E-state index in [-0.39, 0.29) is 31.1 Å². The molecule has 0 aliphatic carbocycles. The molecule has 0 saturated carbocycles. The highest BCUT2D eigenvalue weighted by Gasteiger charge is 2.19. The maximum atomic E-state index is 12.7. The molecule has 0 unspecified atom stereocenters. The molecule has 0 atom stereocenters. The molecule has 0 amide bonds. The third kappa shape index (κ3) is 41.6. The summed E-state index contributed by atoms with van der Waals surface area (Å²) in [6.07, 6.45) is 45.0. The Hall–Kier alpha value is -1.59. The molecule has 0 aliphatic heterocycles. The van der Waals surface area contributed by atoms with Gasteiger partial charge in [-0.05, 0) is 19.3 Å². The molecule has 0 aromatic carbocycles. The van der Waals surface area contributed by atoms with E-state index in [1.165, 1.54) is 173 Å². The fourth-order valence-electron chi connectivity index (χ4n) is 7.21. The van der Waals surface area contributed by atoms with Crippen LogP contribution in [0.25, 0.3) is 0 Å². The number of hydrogen-bond donors (Lipinski definition) is 0. The second-order valence-electron chi connectivity index (χ2n) is 16.4. The zero-order chi connectivity index (χ0) is 39.4. The van der Waals surface area contributed by atoms with Gasteiger partial charge in [0, 0.05) is 19.3 Å². The first-order chi connectivity index (χ1) is 26.5. The van der Waals surface area contributed by atoms with Crippen molar-refractivity contribution in [3.05, 3.63) is 0 Å². The highest BCUT2D eigenvalue weighted by molar-refractivity contribution is 5.71. The Morgan fingerprint density at radius 3 is 0.741 bits per heavy atom. The molecule has 0 aromatic rings. The second kappa shape index (κ2) is 44.1. The highest BCUT2D eigenvalue weighted by atomic mass is 16.6. The molecule has 0 fully saturated rings. The van der Waals surface area contributed by atoms with Gasteiger partial charge < -0.3 is 14.2 Å². The molecule has 6 nitrogen and oxygen atoms in total. The average Bonchev–Trinajstić information content (AvgIpc) is 3.17. The van der Waals surface area contributed by atoms with Crippen LogP contribution in [0.5, 0.6) is 0 Å². The standard InChI is InChI=1S/C48H92O6/c1-4-7-10-13-16-19-22-25-28-31-34-37-40-46(49)52-43-45(54-48(51)42-39-36-33-30-27-24-21-18-15-12-9-6-3)44-53-47(50)41-38-35-32-29-26-23-20-17-14-11-8-5-2/h45H,4-44H2,1-3H3. The topological polar surface area (TPSA) is 78.9 Å². The van der Waals surface area contributed by atoms with Gasteiger partial charge >= 0.3 is 17.9 Å². The van der Waals surface area contributed by atoms with Crippen molar-refractivity contribution in [2.75, 3.05) is 13.2 Å². The third-order valence-electron chi connectivity index (χ3n) is 10.9. The number of hydrogen-bond acceptors (Lipinski definition) is 6. The van der Waals surface area contributed by atoms with Gasteiger partial charge in [0.15, 0.2) is 6.10 Å². The summed E-state index contributed by atoms with van der Waals surface area (Å²) in [5, 5.41) is 0. The second-order valence-corrected chi connectivity index (χ2v) is 16.4. The molecule has 6 heteroatoms. The molecule has 54 heavy (non-hydrogen) atoms. The van der Waals surface area contributed by atoms with E-state index in [1.54, 1.807) is 0 Å². The molecule has 0 bridgehead atoms. The molecular weight excluding hydrogens is 673 g/mol. The first-order valence-corrected chi connectivity index (χ1v) is 24.0. The minimum atomic E-state index is -0.758. The monoisotopic (exact) mass is 765 g/mol. The van der Waals surface area contributed by atoms with Crippen molar-refractivity contribution in [3.8, 4) is 0 Å². The summed E-state index contributed by atoms with van der Waals surface area (Å²) in [5.74, 6) is -0.847. The molecule has 0 aliphatic rings. The Balaban J connectivity index is 4.32. The normalized spacial score (nSPS) is 11.3. The third-order valence-corrected chi connectivity index (χ3v) is 10.9. The number of carbonyl (C=O) groups excluding carboxylic acids is 3. The van der Waals surface area contributed by atoms with Crippen LogP contribution in [0.1, 0.15) is 271 Å². The predicted molar refractivity (Wildman–Crippen MR) is 229 cm³/mol. The van der Waals surface area contributed by atoms with Crippen LogP contribution in [0.2, 0.25) is 0 Å². The van der Waals surface area contributed by atoms with Crippen molar-refractivity contribution in [1.82, 2.24) is 0 Å². The van der Waals surface area contributed by atoms with E-state index in [1.807, 2.05) is 0 Å². The maximum absolute atomic E-state index is 12.7. The first kappa shape index (κ1) is 52.4. The Morgan fingerprint density at radius 2 is 0.500 bits per heavy atom. The van der Waals surface area contributed by atoms with Crippen LogP contribution >= 0.6 is 0 Å². The Labute approximate surface area is 336 Å². The molecule has 0 saturated heterocycles. The minimum absolute atomic E-state index is 0.0623. The van der Waals surface area contributed by atoms with Crippen molar-refractivity contribution in [1.29, 1.82) is 0 Å². The lowest BCUT2D eigenvalue weighted by atomic mass is 10.0. The van der Waals surface area contributed by atoms with E-state index in [0.717, 1.165) is 57.8 Å². The lowest BCUT2D eigenvalue weighted by Crippen LogP contribution is -2.30. The van der Waals surface area contributed by atoms with Crippen molar-refractivity contribution < 1.29 is 28.6 Å². The van der Waals surface area contributed by atoms with Crippen molar-refractivity contribution in [2.24, 2.45) is 0 Å². The van der Waals surface area contributed by atoms with Gasteiger partial charge in [0.25, 0.3) is 0 Å². The molecule has 0 radical (unpaired) electrons. The maximum Gasteiger partial charge on any atom is 0.306 e. The number of ether oxygens (including phenoxy) is 3. The van der Waals surface area contributed by atoms with Gasteiger partial charge in [-0.15, -0.1) is 0 Å². The van der Waals surface area contributed by atoms with Crippen LogP contribution in [-0.4, -0.2) is 37.2 Å². The van der Waals surface area contributed by atoms with E-state index in [9.17, 15) is 14.4 Å². The largest absolute Gasteiger partial charge is 0.462 e. The lowest BCUT2D eigenvalue weighted by Gasteiger charge is -2.18. The number of carbonyl (C=O) groups is 3. The van der Waals surface area contributed by atoms with Gasteiger partial charge in [-0.2, -0.15) is 0 Å². The lowest BCUT2D eigenvalue weighted by molar-refractivity contribution is -0.167. The first-order valence-electron chi connectivity index (χ1n) is 24.0. The summed E-state index contributed by atoms with van der Waals surface area (Å²) in [6.45, 7) is 6.65.